The van der Waals surface area contributed by atoms with Crippen molar-refractivity contribution in [3.63, 3.8) is 0 Å². The maximum absolute atomic E-state index is 11.3. The van der Waals surface area contributed by atoms with Crippen molar-refractivity contribution in [2.75, 3.05) is 30.0 Å². The zero-order valence-electron chi connectivity index (χ0n) is 15.2. The van der Waals surface area contributed by atoms with E-state index in [1.807, 2.05) is 12.1 Å². The minimum absolute atomic E-state index is 0.257. The highest BCUT2D eigenvalue weighted by molar-refractivity contribution is 5.58. The predicted molar refractivity (Wildman–Crippen MR) is 101 cm³/mol. The van der Waals surface area contributed by atoms with Crippen molar-refractivity contribution in [2.45, 2.75) is 50.7 Å². The molecule has 3 heterocycles. The van der Waals surface area contributed by atoms with Crippen LogP contribution in [-0.4, -0.2) is 46.1 Å². The molecule has 26 heavy (non-hydrogen) atoms. The van der Waals surface area contributed by atoms with Crippen molar-refractivity contribution >= 4 is 17.5 Å². The molecule has 0 amide bonds. The monoisotopic (exact) mass is 357 g/mol. The van der Waals surface area contributed by atoms with Crippen molar-refractivity contribution in [1.29, 1.82) is 0 Å². The van der Waals surface area contributed by atoms with Gasteiger partial charge in [-0.2, -0.15) is 5.10 Å². The van der Waals surface area contributed by atoms with Gasteiger partial charge in [-0.05, 0) is 37.5 Å². The molecule has 1 saturated carbocycles. The van der Waals surface area contributed by atoms with Crippen molar-refractivity contribution in [2.24, 2.45) is 0 Å². The molecule has 1 atom stereocenters. The number of morpholine rings is 1. The number of aromatic nitrogens is 3. The molecule has 0 aromatic carbocycles. The topological polar surface area (TPSA) is 86.3 Å². The van der Waals surface area contributed by atoms with Crippen molar-refractivity contribution in [3.8, 4) is 0 Å². The summed E-state index contributed by atoms with van der Waals surface area (Å²) in [6.45, 7) is 4.34. The van der Waals surface area contributed by atoms with E-state index in [-0.39, 0.29) is 6.04 Å². The number of nitrogens with zero attached hydrogens (tertiary/aromatic N) is 3. The lowest BCUT2D eigenvalue weighted by Gasteiger charge is -2.37. The van der Waals surface area contributed by atoms with Gasteiger partial charge in [-0.3, -0.25) is 5.10 Å². The molecule has 1 aliphatic heterocycles. The Bertz CT molecular complexity index is 728. The number of nitrogens with one attached hydrogen (secondary N) is 2. The molecule has 4 rings (SSSR count). The van der Waals surface area contributed by atoms with Crippen LogP contribution in [-0.2, 0) is 10.3 Å². The molecule has 2 fully saturated rings. The standard InChI is InChI=1S/C19H27N5O2/c1-14-13-26-10-9-24(14)18-12-15(19(25)6-3-2-4-7-19)11-17(22-18)21-16-5-8-20-23-16/h5,8,11-12,14,25H,2-4,6-7,9-10,13H2,1H3,(H2,20,21,22,23). The molecule has 0 bridgehead atoms. The van der Waals surface area contributed by atoms with Crippen LogP contribution in [0.2, 0.25) is 0 Å². The summed E-state index contributed by atoms with van der Waals surface area (Å²) in [5.41, 5.74) is 0.179. The molecule has 1 saturated heterocycles. The third kappa shape index (κ3) is 3.54. The molecule has 1 aliphatic carbocycles. The van der Waals surface area contributed by atoms with Crippen molar-refractivity contribution in [3.05, 3.63) is 30.0 Å². The van der Waals surface area contributed by atoms with Gasteiger partial charge in [0.15, 0.2) is 0 Å². The highest BCUT2D eigenvalue weighted by Gasteiger charge is 2.33. The molecule has 7 nitrogen and oxygen atoms in total. The molecular weight excluding hydrogens is 330 g/mol. The van der Waals surface area contributed by atoms with E-state index in [4.69, 9.17) is 9.72 Å². The average Bonchev–Trinajstić information content (AvgIpc) is 3.15. The number of aliphatic hydroxyl groups is 1. The summed E-state index contributed by atoms with van der Waals surface area (Å²) >= 11 is 0. The summed E-state index contributed by atoms with van der Waals surface area (Å²) < 4.78 is 5.57. The SMILES string of the molecule is CC1COCCN1c1cc(C2(O)CCCCC2)cc(Nc2ccn[nH]2)n1. The fraction of sp³-hybridized carbons (Fsp3) is 0.579. The maximum Gasteiger partial charge on any atom is 0.134 e. The first-order valence-corrected chi connectivity index (χ1v) is 9.50. The Morgan fingerprint density at radius 3 is 2.88 bits per heavy atom. The highest BCUT2D eigenvalue weighted by atomic mass is 16.5. The van der Waals surface area contributed by atoms with Crippen LogP contribution in [0, 0.1) is 0 Å². The fourth-order valence-corrected chi connectivity index (χ4v) is 3.95. The lowest BCUT2D eigenvalue weighted by atomic mass is 9.80. The number of ether oxygens (including phenoxy) is 1. The van der Waals surface area contributed by atoms with E-state index in [2.05, 4.69) is 33.4 Å². The van der Waals surface area contributed by atoms with Gasteiger partial charge in [0.2, 0.25) is 0 Å². The zero-order chi connectivity index (χ0) is 18.0. The van der Waals surface area contributed by atoms with Crippen LogP contribution in [0.1, 0.15) is 44.6 Å². The maximum atomic E-state index is 11.3. The van der Waals surface area contributed by atoms with Crippen molar-refractivity contribution in [1.82, 2.24) is 15.2 Å². The number of rotatable bonds is 4. The smallest absolute Gasteiger partial charge is 0.134 e. The summed E-state index contributed by atoms with van der Waals surface area (Å²) in [6.07, 6.45) is 6.62. The summed E-state index contributed by atoms with van der Waals surface area (Å²) in [4.78, 5) is 7.07. The van der Waals surface area contributed by atoms with Crippen LogP contribution in [0.4, 0.5) is 17.5 Å². The molecular formula is C19H27N5O2. The van der Waals surface area contributed by atoms with Gasteiger partial charge in [-0.15, -0.1) is 0 Å². The first kappa shape index (κ1) is 17.3. The third-order valence-electron chi connectivity index (χ3n) is 5.46. The van der Waals surface area contributed by atoms with Crippen LogP contribution in [0.5, 0.6) is 0 Å². The fourth-order valence-electron chi connectivity index (χ4n) is 3.95. The molecule has 1 unspecified atom stereocenters. The number of H-pyrrole nitrogens is 1. The Balaban J connectivity index is 1.71. The average molecular weight is 357 g/mol. The molecule has 0 radical (unpaired) electrons. The van der Waals surface area contributed by atoms with E-state index in [1.165, 1.54) is 6.42 Å². The quantitative estimate of drug-likeness (QED) is 0.780. The van der Waals surface area contributed by atoms with Crippen LogP contribution in [0.3, 0.4) is 0 Å². The van der Waals surface area contributed by atoms with E-state index >= 15 is 0 Å². The minimum atomic E-state index is -0.768. The van der Waals surface area contributed by atoms with Gasteiger partial charge >= 0.3 is 0 Å². The molecule has 7 heteroatoms. The van der Waals surface area contributed by atoms with Crippen LogP contribution in [0.15, 0.2) is 24.4 Å². The summed E-state index contributed by atoms with van der Waals surface area (Å²) in [7, 11) is 0. The summed E-state index contributed by atoms with van der Waals surface area (Å²) in [5.74, 6) is 2.39. The van der Waals surface area contributed by atoms with E-state index in [0.29, 0.717) is 13.2 Å². The van der Waals surface area contributed by atoms with Gasteiger partial charge < -0.3 is 20.1 Å². The van der Waals surface area contributed by atoms with Gasteiger partial charge in [0.1, 0.15) is 17.5 Å². The molecule has 2 aromatic heterocycles. The first-order valence-electron chi connectivity index (χ1n) is 9.50. The largest absolute Gasteiger partial charge is 0.385 e. The summed E-state index contributed by atoms with van der Waals surface area (Å²) in [5, 5.41) is 21.4. The first-order chi connectivity index (χ1) is 12.6. The Morgan fingerprint density at radius 1 is 1.31 bits per heavy atom. The Kier molecular flexibility index (Phi) is 4.82. The lowest BCUT2D eigenvalue weighted by Crippen LogP contribution is -2.44. The number of anilines is 3. The Labute approximate surface area is 153 Å². The van der Waals surface area contributed by atoms with E-state index < -0.39 is 5.60 Å². The Morgan fingerprint density at radius 2 is 2.15 bits per heavy atom. The molecule has 140 valence electrons. The molecule has 2 aliphatic rings. The Hall–Kier alpha value is -2.12. The predicted octanol–water partition coefficient (Wildman–Crippen LogP) is 2.93. The second kappa shape index (κ2) is 7.25. The van der Waals surface area contributed by atoms with Crippen LogP contribution >= 0.6 is 0 Å². The second-order valence-electron chi connectivity index (χ2n) is 7.40. The van der Waals surface area contributed by atoms with Gasteiger partial charge in [-0.1, -0.05) is 19.3 Å². The number of hydrogen-bond acceptors (Lipinski definition) is 6. The van der Waals surface area contributed by atoms with Crippen LogP contribution in [0.25, 0.3) is 0 Å². The lowest BCUT2D eigenvalue weighted by molar-refractivity contribution is -0.000643. The van der Waals surface area contributed by atoms with E-state index in [9.17, 15) is 5.11 Å². The van der Waals surface area contributed by atoms with Gasteiger partial charge in [-0.25, -0.2) is 4.98 Å². The van der Waals surface area contributed by atoms with Gasteiger partial charge in [0, 0.05) is 12.6 Å². The highest BCUT2D eigenvalue weighted by Crippen LogP contribution is 2.39. The van der Waals surface area contributed by atoms with E-state index in [0.717, 1.165) is 55.2 Å². The molecule has 3 N–H and O–H groups in total. The molecule has 2 aromatic rings. The number of pyridine rings is 1. The normalized spacial score (nSPS) is 23.0. The zero-order valence-corrected chi connectivity index (χ0v) is 15.2. The second-order valence-corrected chi connectivity index (χ2v) is 7.40. The van der Waals surface area contributed by atoms with E-state index in [1.54, 1.807) is 6.20 Å². The minimum Gasteiger partial charge on any atom is -0.385 e. The third-order valence-corrected chi connectivity index (χ3v) is 5.46. The number of aromatic amines is 1. The molecule has 0 spiro atoms. The summed E-state index contributed by atoms with van der Waals surface area (Å²) in [6, 6.07) is 6.15. The number of hydrogen-bond donors (Lipinski definition) is 3. The van der Waals surface area contributed by atoms with Crippen LogP contribution < -0.4 is 10.2 Å². The van der Waals surface area contributed by atoms with Gasteiger partial charge in [0.05, 0.1) is 31.1 Å². The van der Waals surface area contributed by atoms with Gasteiger partial charge in [0.25, 0.3) is 0 Å². The van der Waals surface area contributed by atoms with Crippen molar-refractivity contribution < 1.29 is 9.84 Å².